The van der Waals surface area contributed by atoms with Crippen molar-refractivity contribution < 1.29 is 14.5 Å². The molecule has 0 atom stereocenters. The van der Waals surface area contributed by atoms with Gasteiger partial charge in [-0.1, -0.05) is 30.0 Å². The standard InChI is InChI=1S/C23H19N5O5S/c1-33-16-8-9-19(20(11-16)28(31)32)25-21(29)14-34-23-26-18-7-3-2-6-17(18)22(30)27(23)13-15-5-4-10-24-12-15/h2-12H,13-14H2,1H3,(H,25,29). The number of nitrogens with zero attached hydrogens (tertiary/aromatic N) is 4. The number of carbonyl (C=O) groups is 1. The number of aromatic nitrogens is 3. The maximum Gasteiger partial charge on any atom is 0.296 e. The average Bonchev–Trinajstić information content (AvgIpc) is 2.85. The number of ether oxygens (including phenoxy) is 1. The summed E-state index contributed by atoms with van der Waals surface area (Å²) in [5, 5.41) is 14.7. The number of anilines is 1. The maximum absolute atomic E-state index is 13.2. The molecule has 0 aliphatic rings. The van der Waals surface area contributed by atoms with Crippen molar-refractivity contribution >= 4 is 39.9 Å². The van der Waals surface area contributed by atoms with E-state index in [0.29, 0.717) is 21.8 Å². The van der Waals surface area contributed by atoms with Gasteiger partial charge < -0.3 is 10.1 Å². The van der Waals surface area contributed by atoms with Gasteiger partial charge in [0.25, 0.3) is 11.2 Å². The smallest absolute Gasteiger partial charge is 0.296 e. The first kappa shape index (κ1) is 22.9. The van der Waals surface area contributed by atoms with Crippen LogP contribution in [0.25, 0.3) is 10.9 Å². The van der Waals surface area contributed by atoms with Crippen LogP contribution in [0.4, 0.5) is 11.4 Å². The van der Waals surface area contributed by atoms with Crippen LogP contribution in [0.3, 0.4) is 0 Å². The van der Waals surface area contributed by atoms with E-state index in [9.17, 15) is 19.7 Å². The van der Waals surface area contributed by atoms with Gasteiger partial charge in [-0.15, -0.1) is 0 Å². The summed E-state index contributed by atoms with van der Waals surface area (Å²) in [6, 6.07) is 14.8. The van der Waals surface area contributed by atoms with Crippen molar-refractivity contribution in [3.63, 3.8) is 0 Å². The van der Waals surface area contributed by atoms with Gasteiger partial charge in [-0.25, -0.2) is 4.98 Å². The third kappa shape index (κ3) is 5.04. The Balaban J connectivity index is 1.59. The monoisotopic (exact) mass is 477 g/mol. The zero-order valence-electron chi connectivity index (χ0n) is 18.0. The van der Waals surface area contributed by atoms with Crippen LogP contribution in [0.5, 0.6) is 5.75 Å². The van der Waals surface area contributed by atoms with E-state index in [-0.39, 0.29) is 29.2 Å². The lowest BCUT2D eigenvalue weighted by Gasteiger charge is -2.13. The minimum Gasteiger partial charge on any atom is -0.496 e. The molecular weight excluding hydrogens is 458 g/mol. The van der Waals surface area contributed by atoms with Crippen molar-refractivity contribution in [2.45, 2.75) is 11.7 Å². The van der Waals surface area contributed by atoms with Gasteiger partial charge in [0.05, 0.1) is 41.3 Å². The third-order valence-electron chi connectivity index (χ3n) is 4.90. The van der Waals surface area contributed by atoms with Gasteiger partial charge in [0.15, 0.2) is 5.16 Å². The molecule has 0 aliphatic carbocycles. The highest BCUT2D eigenvalue weighted by Crippen LogP contribution is 2.29. The summed E-state index contributed by atoms with van der Waals surface area (Å²) in [6.45, 7) is 0.235. The van der Waals surface area contributed by atoms with Crippen molar-refractivity contribution in [3.05, 3.63) is 93.0 Å². The molecule has 0 radical (unpaired) electrons. The van der Waals surface area contributed by atoms with E-state index in [1.807, 2.05) is 6.07 Å². The first-order chi connectivity index (χ1) is 16.5. The molecule has 2 aromatic carbocycles. The minimum absolute atomic E-state index is 0.0515. The van der Waals surface area contributed by atoms with Crippen LogP contribution in [-0.2, 0) is 11.3 Å². The molecule has 34 heavy (non-hydrogen) atoms. The zero-order valence-corrected chi connectivity index (χ0v) is 18.8. The van der Waals surface area contributed by atoms with Gasteiger partial charge >= 0.3 is 0 Å². The molecule has 1 N–H and O–H groups in total. The van der Waals surface area contributed by atoms with Gasteiger partial charge in [0, 0.05) is 12.4 Å². The number of benzene rings is 2. The largest absolute Gasteiger partial charge is 0.496 e. The van der Waals surface area contributed by atoms with E-state index >= 15 is 0 Å². The Morgan fingerprint density at radius 2 is 2.03 bits per heavy atom. The second-order valence-corrected chi connectivity index (χ2v) is 8.08. The van der Waals surface area contributed by atoms with Crippen LogP contribution in [0.1, 0.15) is 5.56 Å². The molecular formula is C23H19N5O5S. The molecule has 0 spiro atoms. The molecule has 0 fully saturated rings. The van der Waals surface area contributed by atoms with Gasteiger partial charge in [-0.05, 0) is 35.9 Å². The molecule has 0 saturated heterocycles. The van der Waals surface area contributed by atoms with Gasteiger partial charge in [0.1, 0.15) is 11.4 Å². The van der Waals surface area contributed by atoms with Crippen LogP contribution in [0.15, 0.2) is 76.9 Å². The Morgan fingerprint density at radius 3 is 2.76 bits per heavy atom. The second kappa shape index (κ2) is 10.1. The van der Waals surface area contributed by atoms with E-state index in [1.165, 1.54) is 29.9 Å². The van der Waals surface area contributed by atoms with Gasteiger partial charge in [-0.3, -0.25) is 29.3 Å². The quantitative estimate of drug-likeness (QED) is 0.177. The molecule has 10 nitrogen and oxygen atoms in total. The zero-order chi connectivity index (χ0) is 24.1. The number of amides is 1. The van der Waals surface area contributed by atoms with Crippen LogP contribution < -0.4 is 15.6 Å². The molecule has 2 heterocycles. The second-order valence-electron chi connectivity index (χ2n) is 7.14. The fraction of sp³-hybridized carbons (Fsp3) is 0.130. The topological polar surface area (TPSA) is 129 Å². The molecule has 0 bridgehead atoms. The van der Waals surface area contributed by atoms with Crippen LogP contribution in [0, 0.1) is 10.1 Å². The number of hydrogen-bond acceptors (Lipinski definition) is 8. The van der Waals surface area contributed by atoms with Crippen molar-refractivity contribution in [2.75, 3.05) is 18.2 Å². The van der Waals surface area contributed by atoms with Crippen LogP contribution in [0.2, 0.25) is 0 Å². The van der Waals surface area contributed by atoms with Crippen molar-refractivity contribution in [1.82, 2.24) is 14.5 Å². The summed E-state index contributed by atoms with van der Waals surface area (Å²) in [5.41, 5.74) is 0.860. The number of para-hydroxylation sites is 1. The van der Waals surface area contributed by atoms with Crippen molar-refractivity contribution in [1.29, 1.82) is 0 Å². The predicted molar refractivity (Wildman–Crippen MR) is 128 cm³/mol. The number of methoxy groups -OCH3 is 1. The first-order valence-electron chi connectivity index (χ1n) is 10.1. The molecule has 172 valence electrons. The van der Waals surface area contributed by atoms with E-state index in [4.69, 9.17) is 4.74 Å². The Morgan fingerprint density at radius 1 is 1.21 bits per heavy atom. The molecule has 0 aliphatic heterocycles. The lowest BCUT2D eigenvalue weighted by Crippen LogP contribution is -2.25. The Labute approximate surface area is 197 Å². The van der Waals surface area contributed by atoms with Crippen molar-refractivity contribution in [2.24, 2.45) is 0 Å². The lowest BCUT2D eigenvalue weighted by molar-refractivity contribution is -0.384. The molecule has 1 amide bonds. The summed E-state index contributed by atoms with van der Waals surface area (Å²) in [7, 11) is 1.40. The number of nitro groups is 1. The SMILES string of the molecule is COc1ccc(NC(=O)CSc2nc3ccccc3c(=O)n2Cc2cccnc2)c([N+](=O)[O-])c1. The molecule has 2 aromatic heterocycles. The minimum atomic E-state index is -0.596. The fourth-order valence-electron chi connectivity index (χ4n) is 3.28. The third-order valence-corrected chi connectivity index (χ3v) is 5.87. The maximum atomic E-state index is 13.2. The number of hydrogen-bond donors (Lipinski definition) is 1. The predicted octanol–water partition coefficient (Wildman–Crippen LogP) is 3.49. The fourth-order valence-corrected chi connectivity index (χ4v) is 4.08. The molecule has 0 unspecified atom stereocenters. The van der Waals surface area contributed by atoms with E-state index in [0.717, 1.165) is 17.3 Å². The summed E-state index contributed by atoms with van der Waals surface area (Å²) >= 11 is 1.07. The first-order valence-corrected chi connectivity index (χ1v) is 11.1. The number of thioether (sulfide) groups is 1. The number of fused-ring (bicyclic) bond motifs is 1. The lowest BCUT2D eigenvalue weighted by atomic mass is 10.2. The summed E-state index contributed by atoms with van der Waals surface area (Å²) in [5.74, 6) is -0.284. The Kier molecular flexibility index (Phi) is 6.83. The number of pyridine rings is 1. The summed E-state index contributed by atoms with van der Waals surface area (Å²) < 4.78 is 6.51. The molecule has 11 heteroatoms. The molecule has 4 rings (SSSR count). The summed E-state index contributed by atoms with van der Waals surface area (Å²) in [4.78, 5) is 45.2. The van der Waals surface area contributed by atoms with Gasteiger partial charge in [0.2, 0.25) is 5.91 Å². The molecule has 0 saturated carbocycles. The van der Waals surface area contributed by atoms with Crippen molar-refractivity contribution in [3.8, 4) is 5.75 Å². The number of rotatable bonds is 8. The van der Waals surface area contributed by atoms with E-state index < -0.39 is 10.8 Å². The van der Waals surface area contributed by atoms with E-state index in [1.54, 1.807) is 42.7 Å². The number of nitrogens with one attached hydrogen (secondary N) is 1. The average molecular weight is 478 g/mol. The highest BCUT2D eigenvalue weighted by atomic mass is 32.2. The van der Waals surface area contributed by atoms with Gasteiger partial charge in [-0.2, -0.15) is 0 Å². The summed E-state index contributed by atoms with van der Waals surface area (Å²) in [6.07, 6.45) is 3.30. The molecule has 4 aromatic rings. The Bertz CT molecular complexity index is 1420. The highest BCUT2D eigenvalue weighted by Gasteiger charge is 2.19. The number of carbonyl (C=O) groups excluding carboxylic acids is 1. The van der Waals surface area contributed by atoms with Crippen LogP contribution in [-0.4, -0.2) is 38.2 Å². The number of nitro benzene ring substituents is 1. The normalized spacial score (nSPS) is 10.7. The van der Waals surface area contributed by atoms with E-state index in [2.05, 4.69) is 15.3 Å². The Hall–Kier alpha value is -4.25. The highest BCUT2D eigenvalue weighted by molar-refractivity contribution is 7.99. The van der Waals surface area contributed by atoms with Crippen LogP contribution >= 0.6 is 11.8 Å².